The fraction of sp³-hybridized carbons (Fsp3) is 0.500. The Kier molecular flexibility index (Phi) is 3.57. The molecule has 0 radical (unpaired) electrons. The first-order chi connectivity index (χ1) is 8.88. The van der Waals surface area contributed by atoms with Crippen LogP contribution in [0.1, 0.15) is 30.7 Å². The smallest absolute Gasteiger partial charge is 0.114 e. The number of nitrogens with two attached hydrogens (primary N) is 1. The largest absolute Gasteiger partial charge is 0.326 e. The maximum absolute atomic E-state index is 5.76. The van der Waals surface area contributed by atoms with Crippen molar-refractivity contribution in [2.45, 2.75) is 37.5 Å². The monoisotopic (exact) mass is 261 g/mol. The molecule has 1 unspecified atom stereocenters. The summed E-state index contributed by atoms with van der Waals surface area (Å²) in [6.45, 7) is 0.577. The van der Waals surface area contributed by atoms with Gasteiger partial charge in [0.1, 0.15) is 5.82 Å². The Morgan fingerprint density at radius 1 is 1.44 bits per heavy atom. The van der Waals surface area contributed by atoms with Crippen LogP contribution in [0.25, 0.3) is 5.52 Å². The van der Waals surface area contributed by atoms with Crippen molar-refractivity contribution in [3.8, 4) is 0 Å². The molecule has 3 nitrogen and oxygen atoms in total. The van der Waals surface area contributed by atoms with E-state index in [1.165, 1.54) is 36.4 Å². The molecule has 2 aromatic heterocycles. The van der Waals surface area contributed by atoms with Crippen molar-refractivity contribution in [2.75, 3.05) is 5.75 Å². The van der Waals surface area contributed by atoms with E-state index < -0.39 is 0 Å². The van der Waals surface area contributed by atoms with Crippen LogP contribution in [0, 0.1) is 0 Å². The van der Waals surface area contributed by atoms with Crippen molar-refractivity contribution in [3.05, 3.63) is 35.9 Å². The Morgan fingerprint density at radius 3 is 3.17 bits per heavy atom. The predicted molar refractivity (Wildman–Crippen MR) is 76.9 cm³/mol. The summed E-state index contributed by atoms with van der Waals surface area (Å²) in [5.41, 5.74) is 8.10. The first-order valence-corrected chi connectivity index (χ1v) is 7.69. The molecule has 1 saturated heterocycles. The van der Waals surface area contributed by atoms with Gasteiger partial charge in [-0.05, 0) is 30.2 Å². The lowest BCUT2D eigenvalue weighted by Crippen LogP contribution is -2.14. The summed E-state index contributed by atoms with van der Waals surface area (Å²) < 4.78 is 2.21. The zero-order chi connectivity index (χ0) is 12.4. The molecule has 18 heavy (non-hydrogen) atoms. The van der Waals surface area contributed by atoms with Crippen molar-refractivity contribution in [1.29, 1.82) is 0 Å². The van der Waals surface area contributed by atoms with Gasteiger partial charge in [0.15, 0.2) is 0 Å². The van der Waals surface area contributed by atoms with E-state index in [-0.39, 0.29) is 0 Å². The van der Waals surface area contributed by atoms with E-state index in [1.54, 1.807) is 0 Å². The third kappa shape index (κ3) is 2.27. The molecule has 0 aliphatic carbocycles. The second kappa shape index (κ2) is 5.33. The van der Waals surface area contributed by atoms with Gasteiger partial charge in [0.05, 0.1) is 11.7 Å². The molecule has 1 fully saturated rings. The van der Waals surface area contributed by atoms with Crippen LogP contribution in [0.4, 0.5) is 0 Å². The van der Waals surface area contributed by atoms with Crippen LogP contribution in [0.5, 0.6) is 0 Å². The standard InChI is InChI=1S/C14H19N3S/c15-9-11-4-3-6-17-13(11)10-16-14(17)8-12-5-1-2-7-18-12/h3-4,6,10,12H,1-2,5,7-9,15H2. The van der Waals surface area contributed by atoms with Crippen molar-refractivity contribution in [3.63, 3.8) is 0 Å². The van der Waals surface area contributed by atoms with E-state index in [2.05, 4.69) is 39.5 Å². The molecule has 1 aliphatic rings. The minimum absolute atomic E-state index is 0.577. The molecule has 96 valence electrons. The van der Waals surface area contributed by atoms with E-state index in [9.17, 15) is 0 Å². The van der Waals surface area contributed by atoms with Gasteiger partial charge in [0.2, 0.25) is 0 Å². The summed E-state index contributed by atoms with van der Waals surface area (Å²) in [7, 11) is 0. The molecule has 2 aromatic rings. The van der Waals surface area contributed by atoms with Crippen LogP contribution in [0.3, 0.4) is 0 Å². The van der Waals surface area contributed by atoms with Crippen LogP contribution in [0.2, 0.25) is 0 Å². The van der Waals surface area contributed by atoms with Gasteiger partial charge < -0.3 is 10.1 Å². The Balaban J connectivity index is 1.88. The van der Waals surface area contributed by atoms with Gasteiger partial charge in [-0.2, -0.15) is 11.8 Å². The van der Waals surface area contributed by atoms with Crippen molar-refractivity contribution in [2.24, 2.45) is 5.73 Å². The van der Waals surface area contributed by atoms with Crippen LogP contribution in [-0.4, -0.2) is 20.4 Å². The predicted octanol–water partition coefficient (Wildman–Crippen LogP) is 2.62. The quantitative estimate of drug-likeness (QED) is 0.923. The summed E-state index contributed by atoms with van der Waals surface area (Å²) in [6.07, 6.45) is 9.22. The summed E-state index contributed by atoms with van der Waals surface area (Å²) in [6, 6.07) is 4.14. The van der Waals surface area contributed by atoms with Gasteiger partial charge in [-0.15, -0.1) is 0 Å². The molecular formula is C14H19N3S. The Morgan fingerprint density at radius 2 is 2.39 bits per heavy atom. The molecule has 3 heterocycles. The fourth-order valence-electron chi connectivity index (χ4n) is 2.63. The minimum atomic E-state index is 0.577. The molecule has 0 aromatic carbocycles. The molecule has 0 saturated carbocycles. The molecule has 1 aliphatic heterocycles. The average molecular weight is 261 g/mol. The number of fused-ring (bicyclic) bond motifs is 1. The first-order valence-electron chi connectivity index (χ1n) is 6.64. The molecule has 0 spiro atoms. The van der Waals surface area contributed by atoms with Gasteiger partial charge in [-0.1, -0.05) is 12.5 Å². The minimum Gasteiger partial charge on any atom is -0.326 e. The van der Waals surface area contributed by atoms with Gasteiger partial charge in [0.25, 0.3) is 0 Å². The van der Waals surface area contributed by atoms with E-state index in [0.29, 0.717) is 6.54 Å². The summed E-state index contributed by atoms with van der Waals surface area (Å²) in [5, 5.41) is 0.742. The SMILES string of the molecule is NCc1cccn2c(CC3CCCCS3)ncc12. The van der Waals surface area contributed by atoms with E-state index in [4.69, 9.17) is 5.73 Å². The molecule has 1 atom stereocenters. The maximum atomic E-state index is 5.76. The fourth-order valence-corrected chi connectivity index (χ4v) is 3.93. The molecular weight excluding hydrogens is 242 g/mol. The number of aromatic nitrogens is 2. The Hall–Kier alpha value is -1.00. The molecule has 4 heteroatoms. The third-order valence-corrected chi connectivity index (χ3v) is 5.04. The highest BCUT2D eigenvalue weighted by molar-refractivity contribution is 7.99. The maximum Gasteiger partial charge on any atom is 0.114 e. The van der Waals surface area contributed by atoms with E-state index >= 15 is 0 Å². The average Bonchev–Trinajstić information content (AvgIpc) is 2.83. The van der Waals surface area contributed by atoms with E-state index in [0.717, 1.165) is 17.2 Å². The Labute approximate surface area is 112 Å². The highest BCUT2D eigenvalue weighted by Gasteiger charge is 2.17. The van der Waals surface area contributed by atoms with Gasteiger partial charge >= 0.3 is 0 Å². The molecule has 0 bridgehead atoms. The van der Waals surface area contributed by atoms with Crippen LogP contribution in [-0.2, 0) is 13.0 Å². The lowest BCUT2D eigenvalue weighted by Gasteiger charge is -2.20. The van der Waals surface area contributed by atoms with Crippen molar-refractivity contribution in [1.82, 2.24) is 9.38 Å². The number of nitrogens with zero attached hydrogens (tertiary/aromatic N) is 2. The Bertz CT molecular complexity index is 529. The van der Waals surface area contributed by atoms with Gasteiger partial charge in [0, 0.05) is 24.4 Å². The lowest BCUT2D eigenvalue weighted by molar-refractivity contribution is 0.646. The normalized spacial score (nSPS) is 20.4. The molecule has 3 rings (SSSR count). The van der Waals surface area contributed by atoms with Crippen molar-refractivity contribution < 1.29 is 0 Å². The summed E-state index contributed by atoms with van der Waals surface area (Å²) in [4.78, 5) is 4.59. The number of imidazole rings is 1. The number of pyridine rings is 1. The second-order valence-electron chi connectivity index (χ2n) is 4.86. The summed E-state index contributed by atoms with van der Waals surface area (Å²) in [5.74, 6) is 2.49. The number of thioether (sulfide) groups is 1. The molecule has 0 amide bonds. The van der Waals surface area contributed by atoms with Gasteiger partial charge in [-0.3, -0.25) is 0 Å². The topological polar surface area (TPSA) is 43.3 Å². The van der Waals surface area contributed by atoms with Crippen LogP contribution < -0.4 is 5.73 Å². The molecule has 2 N–H and O–H groups in total. The number of hydrogen-bond donors (Lipinski definition) is 1. The number of hydrogen-bond acceptors (Lipinski definition) is 3. The summed E-state index contributed by atoms with van der Waals surface area (Å²) >= 11 is 2.10. The zero-order valence-corrected chi connectivity index (χ0v) is 11.3. The first kappa shape index (κ1) is 12.1. The van der Waals surface area contributed by atoms with Crippen LogP contribution in [0.15, 0.2) is 24.5 Å². The van der Waals surface area contributed by atoms with E-state index in [1.807, 2.05) is 6.20 Å². The lowest BCUT2D eigenvalue weighted by atomic mass is 10.1. The number of rotatable bonds is 3. The highest BCUT2D eigenvalue weighted by Crippen LogP contribution is 2.28. The zero-order valence-electron chi connectivity index (χ0n) is 10.5. The third-order valence-electron chi connectivity index (χ3n) is 3.64. The van der Waals surface area contributed by atoms with Crippen molar-refractivity contribution >= 4 is 17.3 Å². The van der Waals surface area contributed by atoms with Crippen LogP contribution >= 0.6 is 11.8 Å². The second-order valence-corrected chi connectivity index (χ2v) is 6.27. The van der Waals surface area contributed by atoms with Gasteiger partial charge in [-0.25, -0.2) is 4.98 Å². The highest BCUT2D eigenvalue weighted by atomic mass is 32.2.